The summed E-state index contributed by atoms with van der Waals surface area (Å²) in [6.45, 7) is 0.0718. The molecular formula is C13H10ClFO4. The molecule has 0 radical (unpaired) electrons. The molecular weight excluding hydrogens is 275 g/mol. The molecule has 2 aromatic rings. The summed E-state index contributed by atoms with van der Waals surface area (Å²) in [7, 11) is 1.26. The van der Waals surface area contributed by atoms with Gasteiger partial charge in [0, 0.05) is 0 Å². The average Bonchev–Trinajstić information content (AvgIpc) is 2.85. The van der Waals surface area contributed by atoms with Crippen LogP contribution in [0.3, 0.4) is 0 Å². The summed E-state index contributed by atoms with van der Waals surface area (Å²) in [6.07, 6.45) is 0. The number of furan rings is 1. The third kappa shape index (κ3) is 3.26. The van der Waals surface area contributed by atoms with E-state index < -0.39 is 11.8 Å². The van der Waals surface area contributed by atoms with Crippen LogP contribution in [0.1, 0.15) is 16.3 Å². The van der Waals surface area contributed by atoms with Gasteiger partial charge in [-0.3, -0.25) is 0 Å². The number of carbonyl (C=O) groups is 1. The molecule has 6 heteroatoms. The molecule has 0 spiro atoms. The van der Waals surface area contributed by atoms with Crippen molar-refractivity contribution in [2.24, 2.45) is 0 Å². The van der Waals surface area contributed by atoms with Gasteiger partial charge in [-0.05, 0) is 30.3 Å². The van der Waals surface area contributed by atoms with Crippen molar-refractivity contribution in [2.75, 3.05) is 7.11 Å². The van der Waals surface area contributed by atoms with Crippen LogP contribution in [0.15, 0.2) is 34.7 Å². The second-order valence-corrected chi connectivity index (χ2v) is 4.03. The SMILES string of the molecule is COC(=O)c1ccc(COc2ccc(F)cc2Cl)o1. The largest absolute Gasteiger partial charge is 0.484 e. The van der Waals surface area contributed by atoms with Gasteiger partial charge in [0.25, 0.3) is 0 Å². The van der Waals surface area contributed by atoms with E-state index in [9.17, 15) is 9.18 Å². The topological polar surface area (TPSA) is 48.7 Å². The molecule has 0 amide bonds. The van der Waals surface area contributed by atoms with E-state index >= 15 is 0 Å². The normalized spacial score (nSPS) is 10.3. The zero-order valence-electron chi connectivity index (χ0n) is 9.98. The van der Waals surface area contributed by atoms with Crippen molar-refractivity contribution in [3.8, 4) is 5.75 Å². The van der Waals surface area contributed by atoms with Crippen molar-refractivity contribution >= 4 is 17.6 Å². The highest BCUT2D eigenvalue weighted by molar-refractivity contribution is 6.32. The summed E-state index contributed by atoms with van der Waals surface area (Å²) in [4.78, 5) is 11.2. The Bertz CT molecular complexity index is 594. The number of ether oxygens (including phenoxy) is 2. The van der Waals surface area contributed by atoms with Crippen molar-refractivity contribution in [2.45, 2.75) is 6.61 Å². The van der Waals surface area contributed by atoms with E-state index in [2.05, 4.69) is 4.74 Å². The smallest absolute Gasteiger partial charge is 0.373 e. The Labute approximate surface area is 113 Å². The maximum Gasteiger partial charge on any atom is 0.373 e. The van der Waals surface area contributed by atoms with Crippen LogP contribution in [-0.4, -0.2) is 13.1 Å². The lowest BCUT2D eigenvalue weighted by atomic mass is 10.3. The molecule has 1 heterocycles. The predicted octanol–water partition coefficient (Wildman–Crippen LogP) is 3.44. The quantitative estimate of drug-likeness (QED) is 0.807. The summed E-state index contributed by atoms with van der Waals surface area (Å²) in [5, 5.41) is 0.166. The number of esters is 1. The molecule has 4 nitrogen and oxygen atoms in total. The van der Waals surface area contributed by atoms with E-state index in [1.54, 1.807) is 6.07 Å². The van der Waals surface area contributed by atoms with Crippen LogP contribution >= 0.6 is 11.6 Å². The number of rotatable bonds is 4. The van der Waals surface area contributed by atoms with Crippen molar-refractivity contribution in [3.05, 3.63) is 52.7 Å². The highest BCUT2D eigenvalue weighted by atomic mass is 35.5. The molecule has 0 fully saturated rings. The van der Waals surface area contributed by atoms with Crippen LogP contribution in [-0.2, 0) is 11.3 Å². The molecule has 19 heavy (non-hydrogen) atoms. The van der Waals surface area contributed by atoms with Gasteiger partial charge in [-0.2, -0.15) is 0 Å². The molecule has 0 aliphatic heterocycles. The summed E-state index contributed by atoms with van der Waals surface area (Å²) >= 11 is 5.80. The van der Waals surface area contributed by atoms with Gasteiger partial charge in [0.15, 0.2) is 0 Å². The molecule has 0 aliphatic rings. The van der Waals surface area contributed by atoms with Gasteiger partial charge < -0.3 is 13.9 Å². The summed E-state index contributed by atoms with van der Waals surface area (Å²) in [5.41, 5.74) is 0. The van der Waals surface area contributed by atoms with Crippen molar-refractivity contribution < 1.29 is 23.1 Å². The van der Waals surface area contributed by atoms with Crippen molar-refractivity contribution in [3.63, 3.8) is 0 Å². The first kappa shape index (κ1) is 13.4. The number of halogens is 2. The standard InChI is InChI=1S/C13H10ClFO4/c1-17-13(16)12-5-3-9(19-12)7-18-11-4-2-8(15)6-10(11)14/h2-6H,7H2,1H3. The molecule has 100 valence electrons. The predicted molar refractivity (Wildman–Crippen MR) is 65.8 cm³/mol. The minimum absolute atomic E-state index is 0.0718. The van der Waals surface area contributed by atoms with Gasteiger partial charge >= 0.3 is 5.97 Å². The van der Waals surface area contributed by atoms with E-state index in [0.29, 0.717) is 11.5 Å². The van der Waals surface area contributed by atoms with Crippen molar-refractivity contribution in [1.29, 1.82) is 0 Å². The van der Waals surface area contributed by atoms with Gasteiger partial charge in [-0.25, -0.2) is 9.18 Å². The number of hydrogen-bond acceptors (Lipinski definition) is 4. The molecule has 0 bridgehead atoms. The molecule has 2 rings (SSSR count). The highest BCUT2D eigenvalue weighted by Gasteiger charge is 2.12. The minimum Gasteiger partial charge on any atom is -0.484 e. The molecule has 0 unspecified atom stereocenters. The van der Waals surface area contributed by atoms with Gasteiger partial charge in [0.1, 0.15) is 23.9 Å². The highest BCUT2D eigenvalue weighted by Crippen LogP contribution is 2.25. The van der Waals surface area contributed by atoms with Crippen LogP contribution in [0.25, 0.3) is 0 Å². The first-order valence-corrected chi connectivity index (χ1v) is 5.73. The molecule has 0 atom stereocenters. The lowest BCUT2D eigenvalue weighted by Gasteiger charge is -2.06. The van der Waals surface area contributed by atoms with E-state index in [1.165, 1.54) is 25.3 Å². The zero-order chi connectivity index (χ0) is 13.8. The summed E-state index contributed by atoms with van der Waals surface area (Å²) in [6, 6.07) is 6.88. The number of hydrogen-bond donors (Lipinski definition) is 0. The van der Waals surface area contributed by atoms with E-state index in [4.69, 9.17) is 20.8 Å². The van der Waals surface area contributed by atoms with Crippen LogP contribution in [0, 0.1) is 5.82 Å². The molecule has 0 saturated carbocycles. The number of methoxy groups -OCH3 is 1. The van der Waals surface area contributed by atoms with E-state index in [1.807, 2.05) is 0 Å². The Hall–Kier alpha value is -2.01. The molecule has 0 N–H and O–H groups in total. The first-order valence-electron chi connectivity index (χ1n) is 5.35. The third-order valence-electron chi connectivity index (χ3n) is 2.31. The lowest BCUT2D eigenvalue weighted by Crippen LogP contribution is -1.99. The van der Waals surface area contributed by atoms with Crippen LogP contribution in [0.5, 0.6) is 5.75 Å². The van der Waals surface area contributed by atoms with Crippen LogP contribution < -0.4 is 4.74 Å². The van der Waals surface area contributed by atoms with E-state index in [0.717, 1.165) is 6.07 Å². The average molecular weight is 285 g/mol. The molecule has 1 aromatic carbocycles. The number of carbonyl (C=O) groups excluding carboxylic acids is 1. The summed E-state index contributed by atoms with van der Waals surface area (Å²) < 4.78 is 27.9. The third-order valence-corrected chi connectivity index (χ3v) is 2.61. The first-order chi connectivity index (χ1) is 9.10. The fourth-order valence-corrected chi connectivity index (χ4v) is 1.63. The Morgan fingerprint density at radius 1 is 1.37 bits per heavy atom. The Kier molecular flexibility index (Phi) is 4.06. The van der Waals surface area contributed by atoms with Crippen LogP contribution in [0.4, 0.5) is 4.39 Å². The Morgan fingerprint density at radius 3 is 2.84 bits per heavy atom. The van der Waals surface area contributed by atoms with Gasteiger partial charge in [-0.15, -0.1) is 0 Å². The number of benzene rings is 1. The fraction of sp³-hybridized carbons (Fsp3) is 0.154. The van der Waals surface area contributed by atoms with E-state index in [-0.39, 0.29) is 17.4 Å². The Balaban J connectivity index is 2.02. The second-order valence-electron chi connectivity index (χ2n) is 3.62. The van der Waals surface area contributed by atoms with Gasteiger partial charge in [-0.1, -0.05) is 11.6 Å². The van der Waals surface area contributed by atoms with Crippen LogP contribution in [0.2, 0.25) is 5.02 Å². The minimum atomic E-state index is -0.564. The van der Waals surface area contributed by atoms with Gasteiger partial charge in [0.2, 0.25) is 5.76 Å². The second kappa shape index (κ2) is 5.75. The lowest BCUT2D eigenvalue weighted by molar-refractivity contribution is 0.0561. The fourth-order valence-electron chi connectivity index (χ4n) is 1.41. The molecule has 1 aromatic heterocycles. The maximum absolute atomic E-state index is 12.8. The van der Waals surface area contributed by atoms with Gasteiger partial charge in [0.05, 0.1) is 12.1 Å². The maximum atomic E-state index is 12.8. The molecule has 0 saturated heterocycles. The monoisotopic (exact) mass is 284 g/mol. The Morgan fingerprint density at radius 2 is 2.16 bits per heavy atom. The molecule has 0 aliphatic carbocycles. The summed E-state index contributed by atoms with van der Waals surface area (Å²) in [5.74, 6) is -0.152. The van der Waals surface area contributed by atoms with Crippen molar-refractivity contribution in [1.82, 2.24) is 0 Å². The zero-order valence-corrected chi connectivity index (χ0v) is 10.7.